The van der Waals surface area contributed by atoms with Gasteiger partial charge < -0.3 is 5.32 Å². The lowest BCUT2D eigenvalue weighted by atomic mass is 9.98. The fourth-order valence-corrected chi connectivity index (χ4v) is 3.03. The minimum absolute atomic E-state index is 0.458. The number of hydrogen-bond acceptors (Lipinski definition) is 3. The van der Waals surface area contributed by atoms with Crippen molar-refractivity contribution in [3.05, 3.63) is 0 Å². The van der Waals surface area contributed by atoms with Crippen molar-refractivity contribution in [2.24, 2.45) is 11.8 Å². The molecule has 0 aromatic heterocycles. The Bertz CT molecular complexity index is 327. The standard InChI is InChI=1S/C12H26N2O2S/c1-10(2)11(3)13-8-12-6-5-7-14(9-12)17(4,15)16/h10-13H,5-9H2,1-4H3. The molecule has 1 heterocycles. The van der Waals surface area contributed by atoms with Gasteiger partial charge in [0.25, 0.3) is 0 Å². The Balaban J connectivity index is 2.40. The highest BCUT2D eigenvalue weighted by atomic mass is 32.2. The van der Waals surface area contributed by atoms with Crippen LogP contribution in [0.3, 0.4) is 0 Å². The molecule has 2 atom stereocenters. The average molecular weight is 262 g/mol. The number of nitrogens with one attached hydrogen (secondary N) is 1. The molecule has 1 fully saturated rings. The molecule has 0 aliphatic carbocycles. The van der Waals surface area contributed by atoms with Crippen molar-refractivity contribution in [1.82, 2.24) is 9.62 Å². The third-order valence-electron chi connectivity index (χ3n) is 3.68. The summed E-state index contributed by atoms with van der Waals surface area (Å²) >= 11 is 0. The zero-order valence-corrected chi connectivity index (χ0v) is 12.3. The second-order valence-electron chi connectivity index (χ2n) is 5.57. The molecule has 1 saturated heterocycles. The Morgan fingerprint density at radius 1 is 1.35 bits per heavy atom. The first-order valence-electron chi connectivity index (χ1n) is 6.49. The summed E-state index contributed by atoms with van der Waals surface area (Å²) in [6, 6.07) is 0.489. The third kappa shape index (κ3) is 4.94. The molecule has 0 aromatic rings. The van der Waals surface area contributed by atoms with Crippen LogP contribution in [0, 0.1) is 11.8 Å². The first-order chi connectivity index (χ1) is 7.80. The van der Waals surface area contributed by atoms with Crippen molar-refractivity contribution >= 4 is 10.0 Å². The van der Waals surface area contributed by atoms with Gasteiger partial charge in [-0.05, 0) is 38.1 Å². The van der Waals surface area contributed by atoms with Crippen molar-refractivity contribution < 1.29 is 8.42 Å². The molecule has 17 heavy (non-hydrogen) atoms. The van der Waals surface area contributed by atoms with E-state index >= 15 is 0 Å². The highest BCUT2D eigenvalue weighted by molar-refractivity contribution is 7.88. The highest BCUT2D eigenvalue weighted by Crippen LogP contribution is 2.18. The van der Waals surface area contributed by atoms with E-state index in [4.69, 9.17) is 0 Å². The first kappa shape index (κ1) is 14.9. The van der Waals surface area contributed by atoms with E-state index < -0.39 is 10.0 Å². The van der Waals surface area contributed by atoms with Crippen LogP contribution in [-0.4, -0.2) is 44.7 Å². The largest absolute Gasteiger partial charge is 0.314 e. The van der Waals surface area contributed by atoms with Crippen LogP contribution in [0.25, 0.3) is 0 Å². The molecule has 0 amide bonds. The number of piperidine rings is 1. The smallest absolute Gasteiger partial charge is 0.211 e. The van der Waals surface area contributed by atoms with E-state index in [2.05, 4.69) is 26.1 Å². The maximum Gasteiger partial charge on any atom is 0.211 e. The zero-order valence-electron chi connectivity index (χ0n) is 11.4. The molecule has 102 valence electrons. The molecule has 1 rings (SSSR count). The molecule has 0 saturated carbocycles. The summed E-state index contributed by atoms with van der Waals surface area (Å²) in [5.74, 6) is 1.07. The second-order valence-corrected chi connectivity index (χ2v) is 7.55. The molecule has 0 radical (unpaired) electrons. The summed E-state index contributed by atoms with van der Waals surface area (Å²) in [4.78, 5) is 0. The van der Waals surface area contributed by atoms with E-state index in [1.165, 1.54) is 6.26 Å². The van der Waals surface area contributed by atoms with E-state index in [0.29, 0.717) is 31.0 Å². The maximum absolute atomic E-state index is 11.5. The first-order valence-corrected chi connectivity index (χ1v) is 8.34. The van der Waals surface area contributed by atoms with Gasteiger partial charge in [-0.2, -0.15) is 0 Å². The van der Waals surface area contributed by atoms with Gasteiger partial charge >= 0.3 is 0 Å². The summed E-state index contributed by atoms with van der Waals surface area (Å²) in [6.07, 6.45) is 3.42. The predicted molar refractivity (Wildman–Crippen MR) is 71.4 cm³/mol. The number of hydrogen-bond donors (Lipinski definition) is 1. The van der Waals surface area contributed by atoms with E-state index in [-0.39, 0.29) is 0 Å². The molecule has 1 aliphatic rings. The van der Waals surface area contributed by atoms with Gasteiger partial charge in [-0.25, -0.2) is 12.7 Å². The zero-order chi connectivity index (χ0) is 13.1. The Hall–Kier alpha value is -0.130. The fraction of sp³-hybridized carbons (Fsp3) is 1.00. The van der Waals surface area contributed by atoms with Gasteiger partial charge in [-0.3, -0.25) is 0 Å². The molecule has 0 bridgehead atoms. The van der Waals surface area contributed by atoms with Crippen LogP contribution < -0.4 is 5.32 Å². The minimum Gasteiger partial charge on any atom is -0.314 e. The lowest BCUT2D eigenvalue weighted by Gasteiger charge is -2.32. The lowest BCUT2D eigenvalue weighted by molar-refractivity contribution is 0.250. The Kier molecular flexibility index (Phi) is 5.41. The minimum atomic E-state index is -3.01. The van der Waals surface area contributed by atoms with Crippen molar-refractivity contribution in [2.75, 3.05) is 25.9 Å². The SMILES string of the molecule is CC(C)C(C)NCC1CCCN(S(C)(=O)=O)C1. The monoisotopic (exact) mass is 262 g/mol. The quantitative estimate of drug-likeness (QED) is 0.812. The van der Waals surface area contributed by atoms with Crippen LogP contribution in [0.1, 0.15) is 33.6 Å². The number of rotatable bonds is 5. The van der Waals surface area contributed by atoms with Gasteiger partial charge in [0.15, 0.2) is 0 Å². The van der Waals surface area contributed by atoms with E-state index in [1.807, 2.05) is 0 Å². The molecule has 1 aliphatic heterocycles. The van der Waals surface area contributed by atoms with Crippen LogP contribution in [0.2, 0.25) is 0 Å². The van der Waals surface area contributed by atoms with Crippen LogP contribution in [-0.2, 0) is 10.0 Å². The lowest BCUT2D eigenvalue weighted by Crippen LogP contribution is -2.44. The summed E-state index contributed by atoms with van der Waals surface area (Å²) in [7, 11) is -3.01. The van der Waals surface area contributed by atoms with E-state index in [9.17, 15) is 8.42 Å². The van der Waals surface area contributed by atoms with Gasteiger partial charge in [-0.1, -0.05) is 13.8 Å². The topological polar surface area (TPSA) is 49.4 Å². The fourth-order valence-electron chi connectivity index (χ4n) is 2.08. The van der Waals surface area contributed by atoms with Crippen molar-refractivity contribution in [2.45, 2.75) is 39.7 Å². The predicted octanol–water partition coefficient (Wildman–Crippen LogP) is 1.29. The van der Waals surface area contributed by atoms with E-state index in [0.717, 1.165) is 19.4 Å². The van der Waals surface area contributed by atoms with Crippen LogP contribution in [0.5, 0.6) is 0 Å². The molecule has 0 spiro atoms. The van der Waals surface area contributed by atoms with Gasteiger partial charge in [-0.15, -0.1) is 0 Å². The molecule has 5 heteroatoms. The summed E-state index contributed by atoms with van der Waals surface area (Å²) in [6.45, 7) is 8.86. The Labute approximate surface area is 106 Å². The normalized spacial score (nSPS) is 25.1. The number of sulfonamides is 1. The van der Waals surface area contributed by atoms with Crippen LogP contribution in [0.15, 0.2) is 0 Å². The second kappa shape index (κ2) is 6.16. The van der Waals surface area contributed by atoms with Crippen LogP contribution >= 0.6 is 0 Å². The Morgan fingerprint density at radius 2 is 2.00 bits per heavy atom. The van der Waals surface area contributed by atoms with Gasteiger partial charge in [0.05, 0.1) is 6.26 Å². The molecule has 2 unspecified atom stereocenters. The van der Waals surface area contributed by atoms with Gasteiger partial charge in [0.1, 0.15) is 0 Å². The van der Waals surface area contributed by atoms with Gasteiger partial charge in [0.2, 0.25) is 10.0 Å². The molecule has 0 aromatic carbocycles. The average Bonchev–Trinajstić information content (AvgIpc) is 2.25. The molecular formula is C12H26N2O2S. The van der Waals surface area contributed by atoms with Crippen LogP contribution in [0.4, 0.5) is 0 Å². The molecule has 4 nitrogen and oxygen atoms in total. The van der Waals surface area contributed by atoms with E-state index in [1.54, 1.807) is 4.31 Å². The Morgan fingerprint density at radius 3 is 2.53 bits per heavy atom. The highest BCUT2D eigenvalue weighted by Gasteiger charge is 2.25. The number of nitrogens with zero attached hydrogens (tertiary/aromatic N) is 1. The summed E-state index contributed by atoms with van der Waals surface area (Å²) in [5.41, 5.74) is 0. The maximum atomic E-state index is 11.5. The van der Waals surface area contributed by atoms with Gasteiger partial charge in [0, 0.05) is 19.1 Å². The van der Waals surface area contributed by atoms with Crippen molar-refractivity contribution in [3.63, 3.8) is 0 Å². The van der Waals surface area contributed by atoms with Crippen molar-refractivity contribution in [1.29, 1.82) is 0 Å². The molecule has 1 N–H and O–H groups in total. The summed E-state index contributed by atoms with van der Waals surface area (Å²) in [5, 5.41) is 3.50. The third-order valence-corrected chi connectivity index (χ3v) is 4.95. The van der Waals surface area contributed by atoms with Crippen molar-refractivity contribution in [3.8, 4) is 0 Å². The summed E-state index contributed by atoms with van der Waals surface area (Å²) < 4.78 is 24.6. The molecular weight excluding hydrogens is 236 g/mol.